The average molecular weight is 341 g/mol. The van der Waals surface area contributed by atoms with Gasteiger partial charge < -0.3 is 10.4 Å². The molecule has 5 heteroatoms. The second-order valence-electron chi connectivity index (χ2n) is 5.10. The van der Waals surface area contributed by atoms with E-state index in [1.54, 1.807) is 0 Å². The highest BCUT2D eigenvalue weighted by Crippen LogP contribution is 2.25. The lowest BCUT2D eigenvalue weighted by atomic mass is 10.0. The van der Waals surface area contributed by atoms with Crippen LogP contribution in [0.4, 0.5) is 0 Å². The Morgan fingerprint density at radius 1 is 1.05 bits per heavy atom. The minimum absolute atomic E-state index is 0.210. The van der Waals surface area contributed by atoms with Crippen molar-refractivity contribution in [2.45, 2.75) is 12.5 Å². The molecule has 3 aromatic rings. The summed E-state index contributed by atoms with van der Waals surface area (Å²) in [6, 6.07) is 16.6. The summed E-state index contributed by atoms with van der Waals surface area (Å²) in [5.41, 5.74) is 7.42. The average Bonchev–Trinajstić information content (AvgIpc) is 3.14. The molecule has 2 heterocycles. The molecule has 4 rings (SSSR count). The quantitative estimate of drug-likeness (QED) is 0.746. The predicted octanol–water partition coefficient (Wildman–Crippen LogP) is 3.76. The zero-order valence-corrected chi connectivity index (χ0v) is 12.8. The first-order valence-corrected chi connectivity index (χ1v) is 7.61. The van der Waals surface area contributed by atoms with Gasteiger partial charge in [-0.1, -0.05) is 40.2 Å². The lowest BCUT2D eigenvalue weighted by molar-refractivity contribution is 0.620. The van der Waals surface area contributed by atoms with Crippen molar-refractivity contribution >= 4 is 32.7 Å². The van der Waals surface area contributed by atoms with Crippen molar-refractivity contribution < 1.29 is 0 Å². The lowest BCUT2D eigenvalue weighted by Crippen LogP contribution is -2.09. The maximum atomic E-state index is 4.60. The van der Waals surface area contributed by atoms with Gasteiger partial charge in [-0.2, -0.15) is 5.10 Å². The summed E-state index contributed by atoms with van der Waals surface area (Å²) in [4.78, 5) is 7.93. The second kappa shape index (κ2) is 5.00. The van der Waals surface area contributed by atoms with Crippen molar-refractivity contribution in [1.29, 1.82) is 0 Å². The Labute approximate surface area is 130 Å². The number of nitrogens with zero attached hydrogens (tertiary/aromatic N) is 2. The molecule has 2 aromatic carbocycles. The Morgan fingerprint density at radius 2 is 1.86 bits per heavy atom. The van der Waals surface area contributed by atoms with Crippen LogP contribution < -0.4 is 5.43 Å². The van der Waals surface area contributed by atoms with Gasteiger partial charge in [0, 0.05) is 10.9 Å². The molecular formula is C16H13BrN4. The van der Waals surface area contributed by atoms with E-state index in [4.69, 9.17) is 0 Å². The maximum Gasteiger partial charge on any atom is 0.154 e. The van der Waals surface area contributed by atoms with E-state index in [2.05, 4.69) is 60.7 Å². The smallest absolute Gasteiger partial charge is 0.154 e. The van der Waals surface area contributed by atoms with E-state index >= 15 is 0 Å². The van der Waals surface area contributed by atoms with Crippen molar-refractivity contribution in [3.8, 4) is 0 Å². The summed E-state index contributed by atoms with van der Waals surface area (Å²) in [7, 11) is 0. The third kappa shape index (κ3) is 2.34. The topological polar surface area (TPSA) is 53.1 Å². The number of imidazole rings is 1. The Morgan fingerprint density at radius 3 is 2.67 bits per heavy atom. The molecule has 1 unspecified atom stereocenters. The van der Waals surface area contributed by atoms with Crippen LogP contribution in [0.1, 0.15) is 23.9 Å². The number of benzene rings is 2. The van der Waals surface area contributed by atoms with E-state index in [0.717, 1.165) is 33.5 Å². The number of rotatable bonds is 2. The van der Waals surface area contributed by atoms with Gasteiger partial charge in [-0.05, 0) is 29.8 Å². The summed E-state index contributed by atoms with van der Waals surface area (Å²) >= 11 is 3.46. The SMILES string of the molecule is Brc1ccc(C2CC(c3nc4ccccc4[nH]3)=NN2)cc1. The summed E-state index contributed by atoms with van der Waals surface area (Å²) in [6.45, 7) is 0. The third-order valence-electron chi connectivity index (χ3n) is 3.69. The Balaban J connectivity index is 1.59. The van der Waals surface area contributed by atoms with Crippen molar-refractivity contribution in [2.75, 3.05) is 0 Å². The highest BCUT2D eigenvalue weighted by atomic mass is 79.9. The number of nitrogens with one attached hydrogen (secondary N) is 2. The van der Waals surface area contributed by atoms with Gasteiger partial charge >= 0.3 is 0 Å². The van der Waals surface area contributed by atoms with E-state index in [-0.39, 0.29) is 6.04 Å². The molecule has 0 radical (unpaired) electrons. The number of fused-ring (bicyclic) bond motifs is 1. The van der Waals surface area contributed by atoms with Gasteiger partial charge in [0.25, 0.3) is 0 Å². The number of aromatic amines is 1. The molecule has 4 nitrogen and oxygen atoms in total. The fourth-order valence-corrected chi connectivity index (χ4v) is 2.83. The molecule has 0 saturated carbocycles. The predicted molar refractivity (Wildman–Crippen MR) is 87.3 cm³/mol. The van der Waals surface area contributed by atoms with Crippen LogP contribution in [0.2, 0.25) is 0 Å². The second-order valence-corrected chi connectivity index (χ2v) is 6.01. The number of H-pyrrole nitrogens is 1. The maximum absolute atomic E-state index is 4.60. The van der Waals surface area contributed by atoms with Gasteiger partial charge in [0.05, 0.1) is 17.1 Å². The molecule has 21 heavy (non-hydrogen) atoms. The van der Waals surface area contributed by atoms with E-state index in [1.807, 2.05) is 24.3 Å². The molecule has 0 saturated heterocycles. The standard InChI is InChI=1S/C16H13BrN4/c17-11-7-5-10(6-8-11)14-9-15(21-20-14)16-18-12-3-1-2-4-13(12)19-16/h1-8,14,20H,9H2,(H,18,19). The summed E-state index contributed by atoms with van der Waals surface area (Å²) in [6.07, 6.45) is 0.835. The van der Waals surface area contributed by atoms with Gasteiger partial charge in [-0.3, -0.25) is 0 Å². The zero-order chi connectivity index (χ0) is 14.2. The van der Waals surface area contributed by atoms with Crippen LogP contribution in [-0.4, -0.2) is 15.7 Å². The van der Waals surface area contributed by atoms with Crippen molar-refractivity contribution in [1.82, 2.24) is 15.4 Å². The molecule has 2 N–H and O–H groups in total. The molecule has 1 aliphatic rings. The number of halogens is 1. The Bertz CT molecular complexity index is 787. The highest BCUT2D eigenvalue weighted by molar-refractivity contribution is 9.10. The van der Waals surface area contributed by atoms with Crippen LogP contribution in [0.15, 0.2) is 58.1 Å². The van der Waals surface area contributed by atoms with E-state index in [0.29, 0.717) is 0 Å². The van der Waals surface area contributed by atoms with Gasteiger partial charge in [0.15, 0.2) is 5.82 Å². The highest BCUT2D eigenvalue weighted by Gasteiger charge is 2.23. The van der Waals surface area contributed by atoms with Crippen LogP contribution in [0.25, 0.3) is 11.0 Å². The molecule has 1 aliphatic heterocycles. The van der Waals surface area contributed by atoms with Crippen molar-refractivity contribution in [3.63, 3.8) is 0 Å². The van der Waals surface area contributed by atoms with Gasteiger partial charge in [-0.15, -0.1) is 0 Å². The molecular weight excluding hydrogens is 328 g/mol. The van der Waals surface area contributed by atoms with Crippen LogP contribution >= 0.6 is 15.9 Å². The fraction of sp³-hybridized carbons (Fsp3) is 0.125. The summed E-state index contributed by atoms with van der Waals surface area (Å²) < 4.78 is 1.09. The van der Waals surface area contributed by atoms with Crippen LogP contribution in [0, 0.1) is 0 Å². The van der Waals surface area contributed by atoms with Crippen molar-refractivity contribution in [3.05, 3.63) is 64.4 Å². The molecule has 0 amide bonds. The first-order valence-electron chi connectivity index (χ1n) is 6.82. The first kappa shape index (κ1) is 12.6. The summed E-state index contributed by atoms with van der Waals surface area (Å²) in [5.74, 6) is 0.850. The number of para-hydroxylation sites is 2. The molecule has 0 spiro atoms. The minimum atomic E-state index is 0.210. The largest absolute Gasteiger partial charge is 0.337 e. The van der Waals surface area contributed by atoms with Gasteiger partial charge in [-0.25, -0.2) is 4.98 Å². The first-order chi connectivity index (χ1) is 10.3. The number of aromatic nitrogens is 2. The fourth-order valence-electron chi connectivity index (χ4n) is 2.57. The molecule has 1 atom stereocenters. The minimum Gasteiger partial charge on any atom is -0.337 e. The molecule has 104 valence electrons. The Hall–Kier alpha value is -2.14. The normalized spacial score (nSPS) is 17.8. The van der Waals surface area contributed by atoms with Crippen LogP contribution in [-0.2, 0) is 0 Å². The number of hydrogen-bond donors (Lipinski definition) is 2. The summed E-state index contributed by atoms with van der Waals surface area (Å²) in [5, 5.41) is 4.44. The van der Waals surface area contributed by atoms with Crippen LogP contribution in [0.3, 0.4) is 0 Å². The van der Waals surface area contributed by atoms with Gasteiger partial charge in [0.1, 0.15) is 5.71 Å². The van der Waals surface area contributed by atoms with Crippen LogP contribution in [0.5, 0.6) is 0 Å². The monoisotopic (exact) mass is 340 g/mol. The molecule has 0 fully saturated rings. The Kier molecular flexibility index (Phi) is 3.00. The van der Waals surface area contributed by atoms with E-state index in [1.165, 1.54) is 5.56 Å². The van der Waals surface area contributed by atoms with E-state index < -0.39 is 0 Å². The van der Waals surface area contributed by atoms with Crippen molar-refractivity contribution in [2.24, 2.45) is 5.10 Å². The lowest BCUT2D eigenvalue weighted by Gasteiger charge is -2.09. The molecule has 0 aliphatic carbocycles. The molecule has 0 bridgehead atoms. The molecule has 1 aromatic heterocycles. The number of hydrogen-bond acceptors (Lipinski definition) is 3. The van der Waals surface area contributed by atoms with E-state index in [9.17, 15) is 0 Å². The third-order valence-corrected chi connectivity index (χ3v) is 4.22. The number of hydrazone groups is 1. The van der Waals surface area contributed by atoms with Gasteiger partial charge in [0.2, 0.25) is 0 Å². The zero-order valence-electron chi connectivity index (χ0n) is 11.2.